The Labute approximate surface area is 220 Å². The highest BCUT2D eigenvalue weighted by Crippen LogP contribution is 2.34. The van der Waals surface area contributed by atoms with Crippen LogP contribution in [0.1, 0.15) is 47.5 Å². The van der Waals surface area contributed by atoms with E-state index in [4.69, 9.17) is 4.74 Å². The minimum atomic E-state index is -0.681. The molecular weight excluding hydrogens is 458 g/mol. The molecule has 0 saturated heterocycles. The number of esters is 1. The van der Waals surface area contributed by atoms with Crippen molar-refractivity contribution >= 4 is 16.9 Å². The number of quaternary nitrogens is 1. The van der Waals surface area contributed by atoms with Crippen molar-refractivity contribution in [2.24, 2.45) is 0 Å². The molecule has 1 aliphatic rings. The lowest BCUT2D eigenvalue weighted by Crippen LogP contribution is -2.50. The third-order valence-corrected chi connectivity index (χ3v) is 7.98. The molecule has 1 aliphatic heterocycles. The number of carbonyl (C=O) groups is 1. The first kappa shape index (κ1) is 25.2. The van der Waals surface area contributed by atoms with Gasteiger partial charge in [0.05, 0.1) is 19.0 Å². The van der Waals surface area contributed by atoms with Crippen molar-refractivity contribution in [2.75, 3.05) is 20.3 Å². The quantitative estimate of drug-likeness (QED) is 0.237. The minimum absolute atomic E-state index is 0.172. The first-order valence-electron chi connectivity index (χ1n) is 13.2. The second kappa shape index (κ2) is 9.79. The maximum absolute atomic E-state index is 13.2. The van der Waals surface area contributed by atoms with E-state index in [9.17, 15) is 4.79 Å². The van der Waals surface area contributed by atoms with Crippen molar-refractivity contribution < 1.29 is 14.0 Å². The molecule has 0 amide bonds. The van der Waals surface area contributed by atoms with Crippen LogP contribution in [0.5, 0.6) is 0 Å². The molecule has 0 aliphatic carbocycles. The average Bonchev–Trinajstić information content (AvgIpc) is 3.19. The van der Waals surface area contributed by atoms with Gasteiger partial charge in [0.25, 0.3) is 0 Å². The topological polar surface area (TPSA) is 44.1 Å². The summed E-state index contributed by atoms with van der Waals surface area (Å²) in [6.45, 7) is 11.2. The molecule has 1 unspecified atom stereocenters. The number of aromatic nitrogens is 2. The highest BCUT2D eigenvalue weighted by atomic mass is 16.5. The van der Waals surface area contributed by atoms with Crippen molar-refractivity contribution in [3.8, 4) is 0 Å². The van der Waals surface area contributed by atoms with Crippen molar-refractivity contribution in [3.63, 3.8) is 0 Å². The van der Waals surface area contributed by atoms with Crippen LogP contribution in [0.3, 0.4) is 0 Å². The van der Waals surface area contributed by atoms with Gasteiger partial charge in [-0.25, -0.2) is 0 Å². The molecule has 0 saturated carbocycles. The van der Waals surface area contributed by atoms with E-state index < -0.39 is 5.41 Å². The summed E-state index contributed by atoms with van der Waals surface area (Å²) in [4.78, 5) is 17.6. The van der Waals surface area contributed by atoms with Crippen LogP contribution in [0.2, 0.25) is 0 Å². The van der Waals surface area contributed by atoms with Crippen molar-refractivity contribution in [2.45, 2.75) is 59.0 Å². The van der Waals surface area contributed by atoms with Crippen LogP contribution in [-0.4, -0.2) is 40.3 Å². The Kier molecular flexibility index (Phi) is 6.67. The molecule has 0 N–H and O–H groups in total. The van der Waals surface area contributed by atoms with E-state index in [-0.39, 0.29) is 5.97 Å². The van der Waals surface area contributed by atoms with Gasteiger partial charge in [-0.15, -0.1) is 0 Å². The van der Waals surface area contributed by atoms with Gasteiger partial charge in [0.2, 0.25) is 6.73 Å². The Hall–Kier alpha value is -3.44. The average molecular weight is 497 g/mol. The summed E-state index contributed by atoms with van der Waals surface area (Å²) in [5.41, 5.74) is 7.99. The first-order chi connectivity index (χ1) is 17.7. The van der Waals surface area contributed by atoms with Gasteiger partial charge in [-0.2, -0.15) is 0 Å². The molecule has 2 aromatic carbocycles. The maximum Gasteiger partial charge on any atom is 0.320 e. The fourth-order valence-electron chi connectivity index (χ4n) is 5.51. The smallest absolute Gasteiger partial charge is 0.320 e. The Morgan fingerprint density at radius 2 is 1.86 bits per heavy atom. The number of ether oxygens (including phenoxy) is 1. The van der Waals surface area contributed by atoms with Crippen molar-refractivity contribution in [1.29, 1.82) is 0 Å². The first-order valence-corrected chi connectivity index (χ1v) is 13.2. The summed E-state index contributed by atoms with van der Waals surface area (Å²) < 4.78 is 9.20. The lowest BCUT2D eigenvalue weighted by atomic mass is 9.85. The normalized spacial score (nSPS) is 17.5. The van der Waals surface area contributed by atoms with Crippen LogP contribution >= 0.6 is 0 Å². The van der Waals surface area contributed by atoms with Crippen molar-refractivity contribution in [1.82, 2.24) is 9.55 Å². The number of aryl methyl sites for hydroxylation is 4. The Morgan fingerprint density at radius 1 is 1.08 bits per heavy atom. The molecule has 2 aromatic heterocycles. The van der Waals surface area contributed by atoms with Crippen molar-refractivity contribution in [3.05, 3.63) is 101 Å². The summed E-state index contributed by atoms with van der Waals surface area (Å²) >= 11 is 0. The largest absolute Gasteiger partial charge is 0.414 e. The molecule has 37 heavy (non-hydrogen) atoms. The van der Waals surface area contributed by atoms with E-state index in [1.54, 1.807) is 0 Å². The molecule has 0 spiro atoms. The molecule has 192 valence electrons. The van der Waals surface area contributed by atoms with Gasteiger partial charge < -0.3 is 9.30 Å². The zero-order chi connectivity index (χ0) is 26.2. The van der Waals surface area contributed by atoms with Gasteiger partial charge in [-0.05, 0) is 63.4 Å². The van der Waals surface area contributed by atoms with Gasteiger partial charge in [-0.3, -0.25) is 14.3 Å². The van der Waals surface area contributed by atoms with E-state index >= 15 is 0 Å². The van der Waals surface area contributed by atoms with Gasteiger partial charge >= 0.3 is 5.97 Å². The van der Waals surface area contributed by atoms with E-state index in [1.807, 2.05) is 57.3 Å². The lowest BCUT2D eigenvalue weighted by molar-refractivity contribution is -0.940. The highest BCUT2D eigenvalue weighted by molar-refractivity contribution is 5.86. The summed E-state index contributed by atoms with van der Waals surface area (Å²) in [6, 6.07) is 21.0. The zero-order valence-corrected chi connectivity index (χ0v) is 22.8. The fourth-order valence-corrected chi connectivity index (χ4v) is 5.51. The second-order valence-electron chi connectivity index (χ2n) is 11.5. The van der Waals surface area contributed by atoms with Gasteiger partial charge in [0, 0.05) is 47.0 Å². The number of carbonyl (C=O) groups excluding carboxylic acids is 1. The standard InChI is InChI=1S/C32H38N3O2/c1-23-11-14-29-27(19-23)28-21-35(5,22-37-31(36)32(3,4)26-9-7-6-8-10-26)18-16-30(28)34(29)17-15-25-13-12-24(2)33-20-25/h6-14,19-20H,15-18,21-22H2,1-5H3/q+1. The SMILES string of the molecule is Cc1ccc2c(c1)c1c(n2CCc2ccc(C)nc2)CC[N+](C)(COC(=O)C(C)(C)c2ccccc2)C1. The number of nitrogens with zero attached hydrogens (tertiary/aromatic N) is 3. The van der Waals surface area contributed by atoms with Gasteiger partial charge in [-0.1, -0.05) is 48.0 Å². The number of likely N-dealkylation sites (N-methyl/N-ethyl adjacent to an activating group) is 1. The molecule has 3 heterocycles. The number of fused-ring (bicyclic) bond motifs is 3. The monoisotopic (exact) mass is 496 g/mol. The lowest BCUT2D eigenvalue weighted by Gasteiger charge is -2.38. The van der Waals surface area contributed by atoms with Gasteiger partial charge in [0.1, 0.15) is 6.54 Å². The van der Waals surface area contributed by atoms with Crippen LogP contribution in [0.25, 0.3) is 10.9 Å². The number of hydrogen-bond donors (Lipinski definition) is 0. The third-order valence-electron chi connectivity index (χ3n) is 7.98. The predicted octanol–water partition coefficient (Wildman–Crippen LogP) is 5.88. The zero-order valence-electron chi connectivity index (χ0n) is 22.8. The van der Waals surface area contributed by atoms with E-state index in [2.05, 4.69) is 53.9 Å². The van der Waals surface area contributed by atoms with E-state index in [0.717, 1.165) is 43.7 Å². The molecule has 5 nitrogen and oxygen atoms in total. The Bertz CT molecular complexity index is 1420. The molecule has 0 radical (unpaired) electrons. The second-order valence-corrected chi connectivity index (χ2v) is 11.5. The summed E-state index contributed by atoms with van der Waals surface area (Å²) in [5, 5.41) is 1.33. The van der Waals surface area contributed by atoms with E-state index in [1.165, 1.54) is 33.3 Å². The molecule has 0 fully saturated rings. The number of hydrogen-bond acceptors (Lipinski definition) is 3. The minimum Gasteiger partial charge on any atom is -0.414 e. The summed E-state index contributed by atoms with van der Waals surface area (Å²) in [6.07, 6.45) is 3.91. The molecule has 5 rings (SSSR count). The summed E-state index contributed by atoms with van der Waals surface area (Å²) in [5.74, 6) is -0.172. The Balaban J connectivity index is 1.37. The summed E-state index contributed by atoms with van der Waals surface area (Å²) in [7, 11) is 2.21. The molecule has 5 heteroatoms. The number of pyridine rings is 1. The fraction of sp³-hybridized carbons (Fsp3) is 0.375. The molecule has 0 bridgehead atoms. The number of benzene rings is 2. The molecule has 4 aromatic rings. The van der Waals surface area contributed by atoms with Gasteiger partial charge in [0.15, 0.2) is 0 Å². The molecular formula is C32H38N3O2+. The van der Waals surface area contributed by atoms with Crippen LogP contribution in [0, 0.1) is 13.8 Å². The van der Waals surface area contributed by atoms with Crippen LogP contribution in [0.15, 0.2) is 66.9 Å². The third kappa shape index (κ3) is 5.05. The highest BCUT2D eigenvalue weighted by Gasteiger charge is 2.37. The van der Waals surface area contributed by atoms with E-state index in [0.29, 0.717) is 11.2 Å². The predicted molar refractivity (Wildman–Crippen MR) is 148 cm³/mol. The van der Waals surface area contributed by atoms with Crippen LogP contribution in [0.4, 0.5) is 0 Å². The van der Waals surface area contributed by atoms with Crippen LogP contribution < -0.4 is 0 Å². The maximum atomic E-state index is 13.2. The number of rotatable bonds is 7. The Morgan fingerprint density at radius 3 is 2.59 bits per heavy atom. The molecule has 1 atom stereocenters. The van der Waals surface area contributed by atoms with Crippen LogP contribution in [-0.2, 0) is 40.9 Å².